The lowest BCUT2D eigenvalue weighted by molar-refractivity contribution is -0.0311. The van der Waals surface area contributed by atoms with E-state index in [1.165, 1.54) is 37.6 Å². The van der Waals surface area contributed by atoms with E-state index in [0.29, 0.717) is 56.4 Å². The highest BCUT2D eigenvalue weighted by molar-refractivity contribution is 6.35. The highest BCUT2D eigenvalue weighted by Crippen LogP contribution is 2.36. The van der Waals surface area contributed by atoms with Gasteiger partial charge in [0.05, 0.1) is 42.1 Å². The first-order valence-corrected chi connectivity index (χ1v) is 16.8. The van der Waals surface area contributed by atoms with E-state index in [1.54, 1.807) is 60.7 Å². The molecule has 10 nitrogen and oxygen atoms in total. The van der Waals surface area contributed by atoms with Gasteiger partial charge in [0.1, 0.15) is 18.0 Å². The van der Waals surface area contributed by atoms with Crippen LogP contribution in [-0.4, -0.2) is 67.0 Å². The van der Waals surface area contributed by atoms with Gasteiger partial charge in [-0.2, -0.15) is 0 Å². The number of hydrogen-bond donors (Lipinski definition) is 1. The first-order valence-electron chi connectivity index (χ1n) is 16.0. The molecule has 1 aromatic heterocycles. The molecule has 2 atom stereocenters. The molecule has 1 N–H and O–H groups in total. The number of fused-ring (bicyclic) bond motifs is 3. The topological polar surface area (TPSA) is 111 Å². The van der Waals surface area contributed by atoms with Crippen LogP contribution < -0.4 is 14.4 Å². The van der Waals surface area contributed by atoms with Crippen molar-refractivity contribution in [1.29, 1.82) is 0 Å². The first-order chi connectivity index (χ1) is 23.7. The number of amides is 1. The summed E-state index contributed by atoms with van der Waals surface area (Å²) in [5.41, 5.74) is 2.40. The summed E-state index contributed by atoms with van der Waals surface area (Å²) in [4.78, 5) is 35.3. The molecule has 0 spiro atoms. The lowest BCUT2D eigenvalue weighted by Crippen LogP contribution is -2.53. The number of rotatable bonds is 11. The van der Waals surface area contributed by atoms with E-state index < -0.39 is 18.2 Å². The van der Waals surface area contributed by atoms with Crippen LogP contribution in [0.4, 0.5) is 10.5 Å². The number of nitrogens with zero attached hydrogens (tertiary/aromatic N) is 3. The molecule has 0 aliphatic carbocycles. The summed E-state index contributed by atoms with van der Waals surface area (Å²) in [6, 6.07) is 18.7. The summed E-state index contributed by atoms with van der Waals surface area (Å²) >= 11 is 12.9. The number of para-hydroxylation sites is 2. The monoisotopic (exact) mass is 705 g/mol. The summed E-state index contributed by atoms with van der Waals surface area (Å²) in [5.74, 6) is 0.630. The van der Waals surface area contributed by atoms with Crippen molar-refractivity contribution in [3.63, 3.8) is 0 Å². The molecule has 0 radical (unpaired) electrons. The smallest absolute Gasteiger partial charge is 0.415 e. The minimum absolute atomic E-state index is 0.0416. The molecule has 12 heteroatoms. The van der Waals surface area contributed by atoms with E-state index in [1.807, 2.05) is 0 Å². The van der Waals surface area contributed by atoms with E-state index in [-0.39, 0.29) is 30.4 Å². The highest BCUT2D eigenvalue weighted by Gasteiger charge is 2.38. The molecule has 3 aromatic carbocycles. The Morgan fingerprint density at radius 3 is 2.37 bits per heavy atom. The zero-order chi connectivity index (χ0) is 34.5. The predicted octanol–water partition coefficient (Wildman–Crippen LogP) is 7.49. The van der Waals surface area contributed by atoms with E-state index >= 15 is 0 Å². The van der Waals surface area contributed by atoms with Crippen LogP contribution in [0.25, 0.3) is 0 Å². The van der Waals surface area contributed by atoms with Crippen LogP contribution in [0.3, 0.4) is 0 Å². The van der Waals surface area contributed by atoms with Gasteiger partial charge in [0, 0.05) is 25.4 Å². The second-order valence-corrected chi connectivity index (χ2v) is 12.9. The number of methoxy groups -OCH3 is 2. The largest absolute Gasteiger partial charge is 0.506 e. The van der Waals surface area contributed by atoms with Crippen LogP contribution in [-0.2, 0) is 22.4 Å². The Morgan fingerprint density at radius 1 is 0.959 bits per heavy atom. The molecule has 49 heavy (non-hydrogen) atoms. The summed E-state index contributed by atoms with van der Waals surface area (Å²) in [7, 11) is 3.06. The summed E-state index contributed by atoms with van der Waals surface area (Å²) < 4.78 is 23.1. The minimum Gasteiger partial charge on any atom is -0.506 e. The fourth-order valence-electron chi connectivity index (χ4n) is 6.45. The normalized spacial score (nSPS) is 18.7. The maximum absolute atomic E-state index is 13.8. The van der Waals surface area contributed by atoms with Gasteiger partial charge in [-0.1, -0.05) is 53.5 Å². The van der Waals surface area contributed by atoms with Gasteiger partial charge in [0.25, 0.3) is 0 Å². The fraction of sp³-hybridized carbons (Fsp3) is 0.324. The lowest BCUT2D eigenvalue weighted by atomic mass is 9.86. The molecule has 3 saturated heterocycles. The third-order valence-corrected chi connectivity index (χ3v) is 9.77. The molecular weight excluding hydrogens is 669 g/mol. The summed E-state index contributed by atoms with van der Waals surface area (Å²) in [6.45, 7) is 2.77. The zero-order valence-electron chi connectivity index (χ0n) is 27.2. The van der Waals surface area contributed by atoms with Crippen molar-refractivity contribution in [1.82, 2.24) is 9.88 Å². The third-order valence-electron chi connectivity index (χ3n) is 9.12. The average Bonchev–Trinajstić information content (AvgIpc) is 3.12. The highest BCUT2D eigenvalue weighted by atomic mass is 35.5. The number of phenols is 1. The molecule has 4 heterocycles. The Morgan fingerprint density at radius 2 is 1.69 bits per heavy atom. The summed E-state index contributed by atoms with van der Waals surface area (Å²) in [6.07, 6.45) is 3.50. The SMILES string of the molecule is COc1ccc([C@H](Cc2c(Cl)cncc2Cl)OC(=O)c2cccc(CN(C(=O)O[C@H]3CN4CCC3CC4)c3ccccc3O)c2)cc1OC. The van der Waals surface area contributed by atoms with Crippen LogP contribution in [0.1, 0.15) is 46.0 Å². The number of benzene rings is 3. The van der Waals surface area contributed by atoms with Crippen molar-refractivity contribution in [2.45, 2.75) is 38.0 Å². The Bertz CT molecular complexity index is 1790. The molecule has 3 aliphatic rings. The molecule has 2 bridgehead atoms. The van der Waals surface area contributed by atoms with Crippen molar-refractivity contribution in [3.8, 4) is 17.2 Å². The standard InChI is InChI=1S/C37H37Cl2N3O7/c1-46-32-11-10-25(17-34(32)47-2)33(18-27-28(38)19-40-20-29(27)39)48-36(44)26-7-5-6-23(16-26)21-42(30-8-3-4-9-31(30)43)37(45)49-35-22-41-14-12-24(35)13-15-41/h3-11,16-17,19-20,24,33,35,43H,12-15,18,21-22H2,1-2H3/t33-,35-/m0/s1. The first kappa shape index (κ1) is 34.4. The molecule has 4 aromatic rings. The number of phenolic OH excluding ortho intramolecular Hbond substituents is 1. The minimum atomic E-state index is -0.817. The number of piperidine rings is 3. The van der Waals surface area contributed by atoms with E-state index in [0.717, 1.165) is 25.9 Å². The number of carbonyl (C=O) groups excluding carboxylic acids is 2. The third kappa shape index (κ3) is 7.88. The van der Waals surface area contributed by atoms with Gasteiger partial charge in [-0.05, 0) is 84.9 Å². The van der Waals surface area contributed by atoms with Gasteiger partial charge >= 0.3 is 12.1 Å². The Kier molecular flexibility index (Phi) is 10.8. The number of aromatic nitrogens is 1. The summed E-state index contributed by atoms with van der Waals surface area (Å²) in [5, 5.41) is 11.4. The number of carbonyl (C=O) groups is 2. The predicted molar refractivity (Wildman–Crippen MR) is 186 cm³/mol. The maximum Gasteiger partial charge on any atom is 0.415 e. The number of esters is 1. The van der Waals surface area contributed by atoms with E-state index in [2.05, 4.69) is 9.88 Å². The lowest BCUT2D eigenvalue weighted by Gasteiger charge is -2.44. The van der Waals surface area contributed by atoms with Gasteiger partial charge in [-0.3, -0.25) is 14.8 Å². The van der Waals surface area contributed by atoms with E-state index in [4.69, 9.17) is 42.1 Å². The average molecular weight is 707 g/mol. The Balaban J connectivity index is 1.26. The number of halogens is 2. The van der Waals surface area contributed by atoms with Gasteiger partial charge in [-0.25, -0.2) is 9.59 Å². The molecule has 7 rings (SSSR count). The number of anilines is 1. The van der Waals surface area contributed by atoms with Crippen LogP contribution in [0.2, 0.25) is 10.0 Å². The number of ether oxygens (including phenoxy) is 4. The van der Waals surface area contributed by atoms with Crippen LogP contribution in [0.5, 0.6) is 17.2 Å². The zero-order valence-corrected chi connectivity index (χ0v) is 28.7. The van der Waals surface area contributed by atoms with Gasteiger partial charge in [0.15, 0.2) is 11.5 Å². The molecular formula is C37H37Cl2N3O7. The Hall–Kier alpha value is -4.51. The molecule has 256 valence electrons. The number of hydrogen-bond acceptors (Lipinski definition) is 9. The molecule has 3 aliphatic heterocycles. The molecule has 0 saturated carbocycles. The fourth-order valence-corrected chi connectivity index (χ4v) is 6.97. The second-order valence-electron chi connectivity index (χ2n) is 12.1. The van der Waals surface area contributed by atoms with Crippen molar-refractivity contribution in [2.24, 2.45) is 5.92 Å². The van der Waals surface area contributed by atoms with Crippen molar-refractivity contribution in [2.75, 3.05) is 38.8 Å². The van der Waals surface area contributed by atoms with Crippen LogP contribution in [0.15, 0.2) is 79.1 Å². The quantitative estimate of drug-likeness (QED) is 0.159. The van der Waals surface area contributed by atoms with Crippen molar-refractivity contribution in [3.05, 3.63) is 111 Å². The van der Waals surface area contributed by atoms with Gasteiger partial charge < -0.3 is 24.1 Å². The molecule has 1 amide bonds. The van der Waals surface area contributed by atoms with Gasteiger partial charge in [-0.15, -0.1) is 0 Å². The second kappa shape index (κ2) is 15.4. The van der Waals surface area contributed by atoms with E-state index in [9.17, 15) is 14.7 Å². The van der Waals surface area contributed by atoms with Crippen molar-refractivity contribution >= 4 is 41.0 Å². The molecule has 3 fully saturated rings. The van der Waals surface area contributed by atoms with Crippen molar-refractivity contribution < 1.29 is 33.6 Å². The molecule has 0 unspecified atom stereocenters. The number of aromatic hydroxyl groups is 1. The van der Waals surface area contributed by atoms with Crippen LogP contribution >= 0.6 is 23.2 Å². The Labute approximate surface area is 295 Å². The van der Waals surface area contributed by atoms with Gasteiger partial charge in [0.2, 0.25) is 0 Å². The van der Waals surface area contributed by atoms with Crippen LogP contribution in [0, 0.1) is 5.92 Å². The maximum atomic E-state index is 13.8. The number of pyridine rings is 1.